The molecule has 1 aliphatic heterocycles. The van der Waals surface area contributed by atoms with Gasteiger partial charge in [0, 0.05) is 0 Å². The summed E-state index contributed by atoms with van der Waals surface area (Å²) in [6.45, 7) is 12.4. The molecule has 0 fully saturated rings. The predicted molar refractivity (Wildman–Crippen MR) is 67.0 cm³/mol. The largest absolute Gasteiger partial charge is 2.00 e. The van der Waals surface area contributed by atoms with Crippen molar-refractivity contribution in [2.75, 3.05) is 0 Å². The van der Waals surface area contributed by atoms with Crippen LogP contribution in [0.25, 0.3) is 10.4 Å². The van der Waals surface area contributed by atoms with Crippen molar-refractivity contribution in [3.05, 3.63) is 65.9 Å². The van der Waals surface area contributed by atoms with Crippen molar-refractivity contribution in [1.82, 2.24) is 0 Å². The Labute approximate surface area is 136 Å². The first-order valence-corrected chi connectivity index (χ1v) is 6.01. The molecule has 0 aliphatic carbocycles. The van der Waals surface area contributed by atoms with E-state index in [1.54, 1.807) is 18.2 Å². The number of rotatable bonds is 0. The monoisotopic (exact) mass is 494 g/mol. The molecule has 1 aromatic rings. The zero-order chi connectivity index (χ0) is 12.6. The summed E-state index contributed by atoms with van der Waals surface area (Å²) in [6.07, 6.45) is 0. The zero-order valence-electron chi connectivity index (χ0n) is 10.0. The van der Waals surface area contributed by atoms with E-state index < -0.39 is 14.7 Å². The smallest absolute Gasteiger partial charge is 0.358 e. The number of nitriles is 1. The van der Waals surface area contributed by atoms with E-state index in [9.17, 15) is 8.42 Å². The van der Waals surface area contributed by atoms with Gasteiger partial charge in [0.1, 0.15) is 0 Å². The van der Waals surface area contributed by atoms with E-state index in [1.165, 1.54) is 12.1 Å². The Balaban J connectivity index is 0.00000162. The number of sulfone groups is 1. The number of hydrogen-bond donors (Lipinski definition) is 0. The van der Waals surface area contributed by atoms with Crippen LogP contribution in [-0.2, 0) is 9.84 Å². The minimum Gasteiger partial charge on any atom is -0.358 e. The maximum absolute atomic E-state index is 11.9. The number of benzene rings is 1. The summed E-state index contributed by atoms with van der Waals surface area (Å²) in [4.78, 5) is 2.63. The second-order valence-corrected chi connectivity index (χ2v) is 5.20. The number of fused-ring (bicyclic) bond motifs is 1. The molecule has 0 amide bonds. The maximum Gasteiger partial charge on any atom is 2.00 e. The molecule has 0 aromatic heterocycles. The molecule has 1 heterocycles. The number of hydrogen-bond acceptors (Lipinski definition) is 3. The third kappa shape index (κ3) is 2.53. The van der Waals surface area contributed by atoms with Crippen LogP contribution >= 0.6 is 0 Å². The minimum absolute atomic E-state index is 0. The Morgan fingerprint density at radius 3 is 2.47 bits per heavy atom. The first-order chi connectivity index (χ1) is 8.04. The van der Waals surface area contributed by atoms with Gasteiger partial charge in [0.15, 0.2) is 15.5 Å². The van der Waals surface area contributed by atoms with Crippen molar-refractivity contribution >= 4 is 15.4 Å². The molecule has 1 aromatic carbocycles. The van der Waals surface area contributed by atoms with Gasteiger partial charge in [0.2, 0.25) is 0 Å². The molecular weight excluding hydrogens is 486 g/mol. The third-order valence-corrected chi connectivity index (χ3v) is 4.15. The van der Waals surface area contributed by atoms with Crippen molar-refractivity contribution in [2.45, 2.75) is 4.90 Å². The van der Waals surface area contributed by atoms with E-state index in [4.69, 9.17) is 18.4 Å². The Bertz CT molecular complexity index is 734. The topological polar surface area (TPSA) is 62.3 Å². The second-order valence-electron chi connectivity index (χ2n) is 3.31. The summed E-state index contributed by atoms with van der Waals surface area (Å²) in [5.41, 5.74) is 0.0201. The van der Waals surface area contributed by atoms with Gasteiger partial charge in [0.25, 0.3) is 0 Å². The molecule has 0 saturated carbocycles. The van der Waals surface area contributed by atoms with Gasteiger partial charge in [-0.2, -0.15) is 0 Å². The first kappa shape index (κ1) is 17.7. The quantitative estimate of drug-likeness (QED) is 0.411. The molecule has 92 valence electrons. The summed E-state index contributed by atoms with van der Waals surface area (Å²) < 4.78 is 23.8. The Morgan fingerprint density at radius 2 is 1.95 bits per heavy atom. The van der Waals surface area contributed by atoms with Crippen molar-refractivity contribution in [3.8, 4) is 6.07 Å². The molecule has 19 heavy (non-hydrogen) atoms. The van der Waals surface area contributed by atoms with Gasteiger partial charge in [-0.3, -0.25) is 6.58 Å². The third-order valence-electron chi connectivity index (χ3n) is 2.44. The van der Waals surface area contributed by atoms with Gasteiger partial charge in [-0.25, -0.2) is 18.5 Å². The van der Waals surface area contributed by atoms with E-state index in [-0.39, 0.29) is 54.7 Å². The Morgan fingerprint density at radius 1 is 1.37 bits per heavy atom. The molecule has 0 unspecified atom stereocenters. The van der Waals surface area contributed by atoms with Crippen LogP contribution in [0.2, 0.25) is 0 Å². The standard InChI is InChI=1S/C12H5N2O2S.CH3.U/c1-8-12(10(7-13)14-2)9-5-3-4-6-11(9)17(8,15)16;;/h1,3-6H;1H3;/q2*-1;+2/b12-10-;;. The van der Waals surface area contributed by atoms with Crippen LogP contribution in [0.4, 0.5) is 0 Å². The van der Waals surface area contributed by atoms with Gasteiger partial charge in [-0.05, 0) is 6.07 Å². The molecule has 0 radical (unpaired) electrons. The summed E-state index contributed by atoms with van der Waals surface area (Å²) in [6, 6.07) is 7.80. The summed E-state index contributed by atoms with van der Waals surface area (Å²) in [5.74, 6) is 0. The molecule has 6 heteroatoms. The molecule has 0 bridgehead atoms. The van der Waals surface area contributed by atoms with Crippen LogP contribution in [-0.4, -0.2) is 8.42 Å². The van der Waals surface area contributed by atoms with Gasteiger partial charge in [-0.15, -0.1) is 10.5 Å². The average molecular weight is 494 g/mol. The van der Waals surface area contributed by atoms with E-state index >= 15 is 0 Å². The van der Waals surface area contributed by atoms with Crippen molar-refractivity contribution in [3.63, 3.8) is 0 Å². The number of allylic oxidation sites excluding steroid dienone is 2. The van der Waals surface area contributed by atoms with E-state index in [0.29, 0.717) is 5.56 Å². The molecule has 1 aliphatic rings. The average Bonchev–Trinajstić information content (AvgIpc) is 2.53. The van der Waals surface area contributed by atoms with Gasteiger partial charge in [0.05, 0.1) is 17.5 Å². The first-order valence-electron chi connectivity index (χ1n) is 4.53. The van der Waals surface area contributed by atoms with Crippen LogP contribution in [0.1, 0.15) is 5.56 Å². The van der Waals surface area contributed by atoms with Crippen LogP contribution in [0.5, 0.6) is 0 Å². The SMILES string of the molecule is [C-]#[N+]/C(C#N)=C1/C(=[CH-])S(=O)(=O)c2ccccc21.[CH3-].[U+2]. The van der Waals surface area contributed by atoms with E-state index in [0.717, 1.165) is 0 Å². The van der Waals surface area contributed by atoms with Crippen molar-refractivity contribution < 1.29 is 39.5 Å². The fourth-order valence-electron chi connectivity index (χ4n) is 1.67. The van der Waals surface area contributed by atoms with E-state index in [1.807, 2.05) is 0 Å². The summed E-state index contributed by atoms with van der Waals surface area (Å²) in [5, 5.41) is 8.81. The van der Waals surface area contributed by atoms with Gasteiger partial charge in [-0.1, -0.05) is 23.8 Å². The molecule has 0 spiro atoms. The van der Waals surface area contributed by atoms with Crippen molar-refractivity contribution in [1.29, 1.82) is 5.26 Å². The normalized spacial score (nSPS) is 17.1. The summed E-state index contributed by atoms with van der Waals surface area (Å²) in [7, 11) is -3.76. The molecule has 0 atom stereocenters. The fraction of sp³-hybridized carbons (Fsp3) is 0. The fourth-order valence-corrected chi connectivity index (χ4v) is 3.10. The second kappa shape index (κ2) is 6.22. The zero-order valence-corrected chi connectivity index (χ0v) is 15.0. The molecule has 4 nitrogen and oxygen atoms in total. The van der Waals surface area contributed by atoms with Crippen molar-refractivity contribution in [2.24, 2.45) is 0 Å². The van der Waals surface area contributed by atoms with Crippen LogP contribution < -0.4 is 0 Å². The van der Waals surface area contributed by atoms with E-state index in [2.05, 4.69) is 4.85 Å². The molecule has 0 saturated heterocycles. The van der Waals surface area contributed by atoms with Gasteiger partial charge < -0.3 is 7.43 Å². The molecular formula is C13H8N2O2SU. The molecule has 2 rings (SSSR count). The predicted octanol–water partition coefficient (Wildman–Crippen LogP) is 2.40. The maximum atomic E-state index is 11.9. The van der Waals surface area contributed by atoms with Crippen LogP contribution in [0.3, 0.4) is 0 Å². The molecule has 0 N–H and O–H groups in total. The Kier molecular flexibility index (Phi) is 5.79. The summed E-state index contributed by atoms with van der Waals surface area (Å²) >= 11 is 0. The van der Waals surface area contributed by atoms with Crippen LogP contribution in [0, 0.1) is 63.0 Å². The van der Waals surface area contributed by atoms with Crippen LogP contribution in [0.15, 0.2) is 39.8 Å². The number of nitrogens with zero attached hydrogens (tertiary/aromatic N) is 2. The Hall–Kier alpha value is -1.32. The van der Waals surface area contributed by atoms with Gasteiger partial charge >= 0.3 is 31.1 Å². The minimum atomic E-state index is -3.76.